The van der Waals surface area contributed by atoms with E-state index in [1.54, 1.807) is 12.4 Å². The summed E-state index contributed by atoms with van der Waals surface area (Å²) in [6.07, 6.45) is 3.03. The van der Waals surface area contributed by atoms with E-state index in [0.29, 0.717) is 0 Å². The first-order valence-electron chi connectivity index (χ1n) is 4.29. The molecule has 1 heterocycles. The van der Waals surface area contributed by atoms with Gasteiger partial charge in [-0.3, -0.25) is 0 Å². The molecule has 0 spiro atoms. The standard InChI is InChI=1S/C10H13INO2/c1-10(2,3)14-9(13)12-6-4-8(11)5-7-12/h4-7H,1-3H3/q+1. The molecule has 0 saturated carbocycles. The molecule has 0 aromatic carbocycles. The van der Waals surface area contributed by atoms with E-state index in [1.165, 1.54) is 4.57 Å². The number of nitrogens with zero attached hydrogens (tertiary/aromatic N) is 1. The number of pyridine rings is 1. The van der Waals surface area contributed by atoms with Crippen LogP contribution in [0.25, 0.3) is 0 Å². The Bertz CT molecular complexity index is 327. The van der Waals surface area contributed by atoms with Gasteiger partial charge in [0, 0.05) is 15.7 Å². The molecule has 76 valence electrons. The molecule has 1 rings (SSSR count). The van der Waals surface area contributed by atoms with Crippen LogP contribution in [0.4, 0.5) is 4.79 Å². The van der Waals surface area contributed by atoms with Crippen molar-refractivity contribution in [2.24, 2.45) is 0 Å². The molecule has 0 aliphatic rings. The Labute approximate surface area is 97.2 Å². The van der Waals surface area contributed by atoms with Crippen LogP contribution in [0, 0.1) is 3.57 Å². The molecule has 1 aromatic rings. The Kier molecular flexibility index (Phi) is 3.47. The maximum Gasteiger partial charge on any atom is 0.602 e. The van der Waals surface area contributed by atoms with Gasteiger partial charge in [-0.2, -0.15) is 4.79 Å². The molecule has 4 heteroatoms. The quantitative estimate of drug-likeness (QED) is 0.544. The van der Waals surface area contributed by atoms with Crippen molar-refractivity contribution in [2.45, 2.75) is 26.4 Å². The predicted molar refractivity (Wildman–Crippen MR) is 61.0 cm³/mol. The minimum absolute atomic E-state index is 0.353. The van der Waals surface area contributed by atoms with Crippen molar-refractivity contribution in [1.82, 2.24) is 0 Å². The fraction of sp³-hybridized carbons (Fsp3) is 0.400. The maximum atomic E-state index is 11.5. The van der Waals surface area contributed by atoms with Crippen LogP contribution in [-0.2, 0) is 4.74 Å². The number of aromatic nitrogens is 1. The average molecular weight is 306 g/mol. The third-order valence-corrected chi connectivity index (χ3v) is 2.11. The summed E-state index contributed by atoms with van der Waals surface area (Å²) in [5.41, 5.74) is -0.451. The third kappa shape index (κ3) is 3.61. The highest BCUT2D eigenvalue weighted by molar-refractivity contribution is 14.1. The molecule has 1 aromatic heterocycles. The van der Waals surface area contributed by atoms with E-state index in [2.05, 4.69) is 22.6 Å². The first-order chi connectivity index (χ1) is 6.38. The van der Waals surface area contributed by atoms with Gasteiger partial charge in [0.05, 0.1) is 0 Å². The van der Waals surface area contributed by atoms with Crippen molar-refractivity contribution in [3.63, 3.8) is 0 Å². The Morgan fingerprint density at radius 2 is 1.86 bits per heavy atom. The zero-order valence-corrected chi connectivity index (χ0v) is 10.6. The number of hydrogen-bond donors (Lipinski definition) is 0. The van der Waals surface area contributed by atoms with Crippen LogP contribution >= 0.6 is 22.6 Å². The van der Waals surface area contributed by atoms with Crippen molar-refractivity contribution in [3.8, 4) is 0 Å². The number of hydrogen-bond acceptors (Lipinski definition) is 2. The molecule has 3 nitrogen and oxygen atoms in total. The van der Waals surface area contributed by atoms with Crippen LogP contribution in [0.2, 0.25) is 0 Å². The summed E-state index contributed by atoms with van der Waals surface area (Å²) in [5, 5.41) is 0. The molecule has 14 heavy (non-hydrogen) atoms. The summed E-state index contributed by atoms with van der Waals surface area (Å²) in [6, 6.07) is 3.70. The highest BCUT2D eigenvalue weighted by Crippen LogP contribution is 2.06. The van der Waals surface area contributed by atoms with Crippen molar-refractivity contribution in [3.05, 3.63) is 28.1 Å². The van der Waals surface area contributed by atoms with E-state index in [1.807, 2.05) is 32.9 Å². The smallest absolute Gasteiger partial charge is 0.406 e. The Morgan fingerprint density at radius 3 is 2.29 bits per heavy atom. The van der Waals surface area contributed by atoms with E-state index >= 15 is 0 Å². The average Bonchev–Trinajstić information content (AvgIpc) is 2.02. The molecule has 0 N–H and O–H groups in total. The summed E-state index contributed by atoms with van der Waals surface area (Å²) in [5.74, 6) is 0. The van der Waals surface area contributed by atoms with Gasteiger partial charge in [-0.15, -0.1) is 0 Å². The lowest BCUT2D eigenvalue weighted by Crippen LogP contribution is -2.45. The molecule has 0 atom stereocenters. The van der Waals surface area contributed by atoms with Crippen molar-refractivity contribution < 1.29 is 14.1 Å². The second-order valence-corrected chi connectivity index (χ2v) is 5.15. The number of carbonyl (C=O) groups excluding carboxylic acids is 1. The van der Waals surface area contributed by atoms with Gasteiger partial charge in [0.15, 0.2) is 12.4 Å². The highest BCUT2D eigenvalue weighted by atomic mass is 127. The molecule has 0 bridgehead atoms. The molecule has 0 saturated heterocycles. The van der Waals surface area contributed by atoms with E-state index < -0.39 is 5.60 Å². The summed E-state index contributed by atoms with van der Waals surface area (Å²) in [7, 11) is 0. The Balaban J connectivity index is 2.76. The second kappa shape index (κ2) is 4.25. The Hall–Kier alpha value is -0.650. The van der Waals surface area contributed by atoms with Crippen LogP contribution < -0.4 is 4.57 Å². The summed E-state index contributed by atoms with van der Waals surface area (Å²) < 4.78 is 7.69. The summed E-state index contributed by atoms with van der Waals surface area (Å²) in [4.78, 5) is 11.5. The summed E-state index contributed by atoms with van der Waals surface area (Å²) >= 11 is 2.18. The lowest BCUT2D eigenvalue weighted by Gasteiger charge is -2.15. The number of carbonyl (C=O) groups is 1. The van der Waals surface area contributed by atoms with Crippen molar-refractivity contribution in [1.29, 1.82) is 0 Å². The van der Waals surface area contributed by atoms with Crippen LogP contribution in [0.15, 0.2) is 24.5 Å². The fourth-order valence-electron chi connectivity index (χ4n) is 0.845. The first kappa shape index (κ1) is 11.4. The van der Waals surface area contributed by atoms with Gasteiger partial charge in [0.1, 0.15) is 5.60 Å². The predicted octanol–water partition coefficient (Wildman–Crippen LogP) is 2.36. The highest BCUT2D eigenvalue weighted by Gasteiger charge is 2.23. The zero-order chi connectivity index (χ0) is 10.8. The normalized spacial score (nSPS) is 11.1. The molecule has 0 fully saturated rings. The molecular formula is C10H13INO2+. The van der Waals surface area contributed by atoms with Crippen LogP contribution in [0.3, 0.4) is 0 Å². The topological polar surface area (TPSA) is 30.2 Å². The lowest BCUT2D eigenvalue weighted by atomic mass is 10.2. The van der Waals surface area contributed by atoms with E-state index in [9.17, 15) is 4.79 Å². The van der Waals surface area contributed by atoms with Gasteiger partial charge in [-0.05, 0) is 43.4 Å². The second-order valence-electron chi connectivity index (χ2n) is 3.90. The lowest BCUT2D eigenvalue weighted by molar-refractivity contribution is -0.588. The van der Waals surface area contributed by atoms with E-state index in [0.717, 1.165) is 3.57 Å². The molecular weight excluding hydrogens is 293 g/mol. The van der Waals surface area contributed by atoms with Gasteiger partial charge >= 0.3 is 6.09 Å². The SMILES string of the molecule is CC(C)(C)OC(=O)[n+]1ccc(I)cc1. The minimum atomic E-state index is -0.451. The van der Waals surface area contributed by atoms with Gasteiger partial charge in [0.25, 0.3) is 0 Å². The molecule has 0 amide bonds. The van der Waals surface area contributed by atoms with Crippen LogP contribution in [0.5, 0.6) is 0 Å². The van der Waals surface area contributed by atoms with E-state index in [-0.39, 0.29) is 6.09 Å². The molecule has 0 radical (unpaired) electrons. The van der Waals surface area contributed by atoms with Gasteiger partial charge in [0.2, 0.25) is 0 Å². The fourth-order valence-corrected chi connectivity index (χ4v) is 1.17. The van der Waals surface area contributed by atoms with Gasteiger partial charge in [-0.25, -0.2) is 0 Å². The van der Waals surface area contributed by atoms with Crippen LogP contribution in [-0.4, -0.2) is 11.7 Å². The van der Waals surface area contributed by atoms with Crippen molar-refractivity contribution >= 4 is 28.7 Å². The van der Waals surface area contributed by atoms with Gasteiger partial charge < -0.3 is 4.74 Å². The number of halogens is 1. The molecule has 0 aliphatic carbocycles. The van der Waals surface area contributed by atoms with Crippen LogP contribution in [0.1, 0.15) is 20.8 Å². The van der Waals surface area contributed by atoms with Gasteiger partial charge in [-0.1, -0.05) is 4.57 Å². The minimum Gasteiger partial charge on any atom is -0.406 e. The largest absolute Gasteiger partial charge is 0.602 e. The Morgan fingerprint density at radius 1 is 1.36 bits per heavy atom. The maximum absolute atomic E-state index is 11.5. The zero-order valence-electron chi connectivity index (χ0n) is 8.45. The first-order valence-corrected chi connectivity index (χ1v) is 5.36. The monoisotopic (exact) mass is 306 g/mol. The van der Waals surface area contributed by atoms with E-state index in [4.69, 9.17) is 4.74 Å². The number of rotatable bonds is 0. The molecule has 0 unspecified atom stereocenters. The number of ether oxygens (including phenoxy) is 1. The van der Waals surface area contributed by atoms with Crippen molar-refractivity contribution in [2.75, 3.05) is 0 Å². The third-order valence-electron chi connectivity index (χ3n) is 1.39. The summed E-state index contributed by atoms with van der Waals surface area (Å²) in [6.45, 7) is 5.54. The molecule has 0 aliphatic heterocycles.